The highest BCUT2D eigenvalue weighted by Crippen LogP contribution is 2.39. The molecule has 0 bridgehead atoms. The van der Waals surface area contributed by atoms with Crippen LogP contribution in [0, 0.1) is 0 Å². The van der Waals surface area contributed by atoms with Crippen molar-refractivity contribution in [3.63, 3.8) is 0 Å². The predicted molar refractivity (Wildman–Crippen MR) is 142 cm³/mol. The molecule has 34 heavy (non-hydrogen) atoms. The standard InChI is InChI=1S/C26H18Br2Cl2O4/c1-2-32-24-11-15(9-18-12-23(34-26(18)31)16-3-6-19(27)7-4-16)10-21(28)25(24)33-14-17-5-8-20(29)13-22(17)30/h3-13H,2,14H2,1H3/b18-9+. The number of hydrogen-bond donors (Lipinski definition) is 0. The van der Waals surface area contributed by atoms with Crippen molar-refractivity contribution in [1.82, 2.24) is 0 Å². The molecule has 1 aliphatic heterocycles. The van der Waals surface area contributed by atoms with Gasteiger partial charge in [-0.3, -0.25) is 0 Å². The van der Waals surface area contributed by atoms with Gasteiger partial charge in [0.15, 0.2) is 11.5 Å². The first-order valence-corrected chi connectivity index (χ1v) is 12.6. The lowest BCUT2D eigenvalue weighted by molar-refractivity contribution is -0.130. The van der Waals surface area contributed by atoms with Crippen LogP contribution in [0.1, 0.15) is 23.6 Å². The lowest BCUT2D eigenvalue weighted by Crippen LogP contribution is -2.02. The first-order valence-electron chi connectivity index (χ1n) is 10.3. The molecule has 0 amide bonds. The van der Waals surface area contributed by atoms with Crippen LogP contribution in [0.4, 0.5) is 0 Å². The van der Waals surface area contributed by atoms with Crippen molar-refractivity contribution in [2.75, 3.05) is 6.61 Å². The van der Waals surface area contributed by atoms with Crippen LogP contribution in [0.25, 0.3) is 11.8 Å². The number of carbonyl (C=O) groups is 1. The van der Waals surface area contributed by atoms with Crippen molar-refractivity contribution >= 4 is 72.9 Å². The molecule has 0 atom stereocenters. The first-order chi connectivity index (χ1) is 16.3. The Balaban J connectivity index is 1.61. The highest BCUT2D eigenvalue weighted by atomic mass is 79.9. The molecule has 0 N–H and O–H groups in total. The van der Waals surface area contributed by atoms with E-state index in [2.05, 4.69) is 31.9 Å². The Labute approximate surface area is 224 Å². The van der Waals surface area contributed by atoms with Gasteiger partial charge >= 0.3 is 5.97 Å². The van der Waals surface area contributed by atoms with Crippen molar-refractivity contribution in [3.05, 3.63) is 102 Å². The molecule has 3 aromatic carbocycles. The van der Waals surface area contributed by atoms with Gasteiger partial charge in [-0.1, -0.05) is 57.3 Å². The van der Waals surface area contributed by atoms with Gasteiger partial charge in [0.2, 0.25) is 0 Å². The van der Waals surface area contributed by atoms with Crippen LogP contribution in [-0.2, 0) is 16.1 Å². The van der Waals surface area contributed by atoms with E-state index in [-0.39, 0.29) is 6.61 Å². The van der Waals surface area contributed by atoms with Gasteiger partial charge in [0.05, 0.1) is 16.7 Å². The highest BCUT2D eigenvalue weighted by molar-refractivity contribution is 9.10. The summed E-state index contributed by atoms with van der Waals surface area (Å²) in [5, 5.41) is 1.08. The molecule has 0 spiro atoms. The summed E-state index contributed by atoms with van der Waals surface area (Å²) < 4.78 is 18.9. The second-order valence-corrected chi connectivity index (χ2v) is 9.91. The number of halogens is 4. The second kappa shape index (κ2) is 11.0. The van der Waals surface area contributed by atoms with Crippen LogP contribution in [0.5, 0.6) is 11.5 Å². The summed E-state index contributed by atoms with van der Waals surface area (Å²) >= 11 is 19.2. The van der Waals surface area contributed by atoms with Gasteiger partial charge in [0, 0.05) is 25.6 Å². The summed E-state index contributed by atoms with van der Waals surface area (Å²) in [6.45, 7) is 2.57. The molecule has 1 heterocycles. The van der Waals surface area contributed by atoms with Gasteiger partial charge < -0.3 is 14.2 Å². The molecule has 0 aromatic heterocycles. The second-order valence-electron chi connectivity index (χ2n) is 7.29. The van der Waals surface area contributed by atoms with E-state index >= 15 is 0 Å². The van der Waals surface area contributed by atoms with Crippen LogP contribution in [0.15, 0.2) is 75.2 Å². The fourth-order valence-corrected chi connectivity index (χ4v) is 4.59. The Morgan fingerprint density at radius 2 is 1.76 bits per heavy atom. The number of benzene rings is 3. The zero-order valence-corrected chi connectivity index (χ0v) is 22.6. The molecule has 0 fully saturated rings. The fraction of sp³-hybridized carbons (Fsp3) is 0.115. The molecular formula is C26H18Br2Cl2O4. The lowest BCUT2D eigenvalue weighted by atomic mass is 10.1. The minimum Gasteiger partial charge on any atom is -0.490 e. The topological polar surface area (TPSA) is 44.8 Å². The van der Waals surface area contributed by atoms with Crippen LogP contribution in [0.3, 0.4) is 0 Å². The number of hydrogen-bond acceptors (Lipinski definition) is 4. The zero-order chi connectivity index (χ0) is 24.2. The van der Waals surface area contributed by atoms with E-state index in [1.807, 2.05) is 49.4 Å². The van der Waals surface area contributed by atoms with Gasteiger partial charge in [-0.2, -0.15) is 0 Å². The van der Waals surface area contributed by atoms with E-state index in [9.17, 15) is 4.79 Å². The molecule has 0 radical (unpaired) electrons. The minimum absolute atomic E-state index is 0.237. The van der Waals surface area contributed by atoms with Gasteiger partial charge in [0.25, 0.3) is 0 Å². The van der Waals surface area contributed by atoms with Gasteiger partial charge in [-0.15, -0.1) is 0 Å². The number of cyclic esters (lactones) is 1. The van der Waals surface area contributed by atoms with E-state index in [0.29, 0.717) is 44.0 Å². The fourth-order valence-electron chi connectivity index (χ4n) is 3.29. The van der Waals surface area contributed by atoms with Crippen molar-refractivity contribution in [2.45, 2.75) is 13.5 Å². The third kappa shape index (κ3) is 5.87. The smallest absolute Gasteiger partial charge is 0.343 e. The predicted octanol–water partition coefficient (Wildman–Crippen LogP) is 8.48. The van der Waals surface area contributed by atoms with E-state index in [1.165, 1.54) is 0 Å². The van der Waals surface area contributed by atoms with Crippen LogP contribution in [0.2, 0.25) is 10.0 Å². The Morgan fingerprint density at radius 1 is 1.00 bits per heavy atom. The molecule has 8 heteroatoms. The molecule has 0 saturated carbocycles. The monoisotopic (exact) mass is 622 g/mol. The Hall–Kier alpha value is -2.25. The van der Waals surface area contributed by atoms with E-state index in [0.717, 1.165) is 21.2 Å². The average Bonchev–Trinajstić information content (AvgIpc) is 3.15. The SMILES string of the molecule is CCOc1cc(/C=C2\C=C(c3ccc(Br)cc3)OC2=O)cc(Br)c1OCc1ccc(Cl)cc1Cl. The summed E-state index contributed by atoms with van der Waals surface area (Å²) in [6, 6.07) is 16.5. The van der Waals surface area contributed by atoms with Gasteiger partial charge in [-0.25, -0.2) is 4.79 Å². The Morgan fingerprint density at radius 3 is 2.47 bits per heavy atom. The number of esters is 1. The van der Waals surface area contributed by atoms with Gasteiger partial charge in [-0.05, 0) is 77.0 Å². The van der Waals surface area contributed by atoms with E-state index < -0.39 is 5.97 Å². The Bertz CT molecular complexity index is 1300. The molecule has 0 unspecified atom stereocenters. The van der Waals surface area contributed by atoms with Gasteiger partial charge in [0.1, 0.15) is 12.4 Å². The average molecular weight is 625 g/mol. The van der Waals surface area contributed by atoms with Crippen molar-refractivity contribution in [3.8, 4) is 11.5 Å². The molecule has 4 nitrogen and oxygen atoms in total. The highest BCUT2D eigenvalue weighted by Gasteiger charge is 2.22. The van der Waals surface area contributed by atoms with E-state index in [1.54, 1.807) is 24.3 Å². The third-order valence-corrected chi connectivity index (χ3v) is 6.60. The molecule has 4 rings (SSSR count). The maximum Gasteiger partial charge on any atom is 0.343 e. The van der Waals surface area contributed by atoms with Crippen molar-refractivity contribution in [1.29, 1.82) is 0 Å². The van der Waals surface area contributed by atoms with Crippen LogP contribution in [-0.4, -0.2) is 12.6 Å². The lowest BCUT2D eigenvalue weighted by Gasteiger charge is -2.15. The molecular weight excluding hydrogens is 607 g/mol. The number of ether oxygens (including phenoxy) is 3. The maximum absolute atomic E-state index is 12.5. The zero-order valence-electron chi connectivity index (χ0n) is 17.9. The number of rotatable bonds is 7. The summed E-state index contributed by atoms with van der Waals surface area (Å²) in [6.07, 6.45) is 3.48. The van der Waals surface area contributed by atoms with Crippen molar-refractivity contribution in [2.24, 2.45) is 0 Å². The molecule has 174 valence electrons. The first kappa shape index (κ1) is 24.9. The summed E-state index contributed by atoms with van der Waals surface area (Å²) in [5.74, 6) is 1.17. The third-order valence-electron chi connectivity index (χ3n) is 4.89. The maximum atomic E-state index is 12.5. The largest absolute Gasteiger partial charge is 0.490 e. The van der Waals surface area contributed by atoms with Crippen LogP contribution >= 0.6 is 55.1 Å². The van der Waals surface area contributed by atoms with E-state index in [4.69, 9.17) is 37.4 Å². The molecule has 1 aliphatic rings. The van der Waals surface area contributed by atoms with Crippen molar-refractivity contribution < 1.29 is 19.0 Å². The summed E-state index contributed by atoms with van der Waals surface area (Å²) in [5.41, 5.74) is 2.81. The molecule has 0 aliphatic carbocycles. The molecule has 0 saturated heterocycles. The van der Waals surface area contributed by atoms with Crippen LogP contribution < -0.4 is 9.47 Å². The summed E-state index contributed by atoms with van der Waals surface area (Å²) in [4.78, 5) is 12.5. The quantitative estimate of drug-likeness (QED) is 0.195. The molecule has 3 aromatic rings. The summed E-state index contributed by atoms with van der Waals surface area (Å²) in [7, 11) is 0. The number of carbonyl (C=O) groups excluding carboxylic acids is 1. The normalized spacial score (nSPS) is 14.2. The Kier molecular flexibility index (Phi) is 8.04. The minimum atomic E-state index is -0.412.